The van der Waals surface area contributed by atoms with Crippen molar-refractivity contribution >= 4 is 28.3 Å². The summed E-state index contributed by atoms with van der Waals surface area (Å²) in [5.74, 6) is 0. The third-order valence-corrected chi connectivity index (χ3v) is 6.88. The molecule has 0 atom stereocenters. The van der Waals surface area contributed by atoms with E-state index >= 15 is 0 Å². The Morgan fingerprint density at radius 3 is 2.16 bits per heavy atom. The quantitative estimate of drug-likeness (QED) is 0.628. The number of nitrogens with one attached hydrogen (secondary N) is 2. The number of halogens is 3. The van der Waals surface area contributed by atoms with Crippen molar-refractivity contribution in [2.75, 3.05) is 12.3 Å². The summed E-state index contributed by atoms with van der Waals surface area (Å²) in [5.41, 5.74) is -0.989. The van der Waals surface area contributed by atoms with Crippen LogP contribution in [0.5, 0.6) is 0 Å². The Morgan fingerprint density at radius 1 is 1.03 bits per heavy atom. The van der Waals surface area contributed by atoms with Crippen molar-refractivity contribution in [1.82, 2.24) is 4.72 Å². The first kappa shape index (κ1) is 20.5. The second kappa shape index (κ2) is 8.37. The highest BCUT2D eigenvalue weighted by atomic mass is 32.2. The average molecular weight is 473 g/mol. The van der Waals surface area contributed by atoms with Crippen molar-refractivity contribution in [3.05, 3.63) is 53.6 Å². The molecular weight excluding hydrogens is 444 g/mol. The van der Waals surface area contributed by atoms with Crippen LogP contribution in [0.2, 0.25) is 0 Å². The Hall–Kier alpha value is -2.08. The van der Waals surface area contributed by atoms with Gasteiger partial charge in [0, 0.05) is 21.8 Å². The van der Waals surface area contributed by atoms with Crippen molar-refractivity contribution in [2.45, 2.75) is 56.5 Å². The zero-order chi connectivity index (χ0) is 26.4. The molecule has 1 aliphatic rings. The predicted octanol–water partition coefficient (Wildman–Crippen LogP) is 3.52. The summed E-state index contributed by atoms with van der Waals surface area (Å²) in [6.45, 7) is 4.48. The summed E-state index contributed by atoms with van der Waals surface area (Å²) in [7, 11) is -5.38. The Morgan fingerprint density at radius 2 is 1.62 bits per heavy atom. The van der Waals surface area contributed by atoms with Gasteiger partial charge in [-0.25, -0.2) is 13.1 Å². The molecule has 2 N–H and O–H groups in total. The van der Waals surface area contributed by atoms with E-state index in [1.807, 2.05) is 27.7 Å². The molecule has 1 aliphatic heterocycles. The van der Waals surface area contributed by atoms with Crippen LogP contribution < -0.4 is 15.5 Å². The molecule has 0 radical (unpaired) electrons. The van der Waals surface area contributed by atoms with Crippen LogP contribution in [-0.2, 0) is 32.1 Å². The van der Waals surface area contributed by atoms with E-state index in [9.17, 15) is 21.6 Å². The summed E-state index contributed by atoms with van der Waals surface area (Å²) in [6, 6.07) is 8.53. The molecule has 2 aromatic carbocycles. The standard InChI is InChI=1S/C21H26BF3N2O4S/c1-19(2)20(3,4)31-22(30-19)17-12-16(32(28,29)26-5)10-11-18(17)27-13-14-6-8-15(9-7-14)21(23,24)25/h6-12,26-27H,13H2,1-5H3/i5D3. The fourth-order valence-electron chi connectivity index (χ4n) is 3.10. The van der Waals surface area contributed by atoms with E-state index in [-0.39, 0.29) is 11.4 Å². The van der Waals surface area contributed by atoms with E-state index in [1.54, 1.807) is 4.72 Å². The van der Waals surface area contributed by atoms with Crippen LogP contribution in [0.25, 0.3) is 0 Å². The first-order valence-corrected chi connectivity index (χ1v) is 11.2. The topological polar surface area (TPSA) is 76.7 Å². The van der Waals surface area contributed by atoms with Crippen LogP contribution in [-0.4, -0.2) is 33.7 Å². The van der Waals surface area contributed by atoms with Crippen molar-refractivity contribution in [1.29, 1.82) is 0 Å². The lowest BCUT2D eigenvalue weighted by molar-refractivity contribution is -0.137. The summed E-state index contributed by atoms with van der Waals surface area (Å²) in [4.78, 5) is -0.307. The lowest BCUT2D eigenvalue weighted by atomic mass is 9.77. The van der Waals surface area contributed by atoms with E-state index in [1.165, 1.54) is 30.3 Å². The van der Waals surface area contributed by atoms with Crippen molar-refractivity contribution < 1.29 is 35.0 Å². The molecule has 0 aromatic heterocycles. The highest BCUT2D eigenvalue weighted by Crippen LogP contribution is 2.37. The number of anilines is 1. The molecule has 11 heteroatoms. The van der Waals surface area contributed by atoms with Gasteiger partial charge >= 0.3 is 13.3 Å². The number of sulfonamides is 1. The van der Waals surface area contributed by atoms with E-state index < -0.39 is 47.1 Å². The largest absolute Gasteiger partial charge is 0.497 e. The van der Waals surface area contributed by atoms with Crippen LogP contribution in [0.1, 0.15) is 42.9 Å². The van der Waals surface area contributed by atoms with E-state index in [4.69, 9.17) is 13.4 Å². The normalized spacial score (nSPS) is 19.8. The minimum atomic E-state index is -4.44. The van der Waals surface area contributed by atoms with Gasteiger partial charge in [0.25, 0.3) is 0 Å². The molecule has 0 bridgehead atoms. The van der Waals surface area contributed by atoms with Gasteiger partial charge in [-0.05, 0) is 70.6 Å². The van der Waals surface area contributed by atoms with Crippen LogP contribution in [0.4, 0.5) is 18.9 Å². The van der Waals surface area contributed by atoms with Crippen LogP contribution in [0, 0.1) is 0 Å². The van der Waals surface area contributed by atoms with Crippen molar-refractivity contribution in [3.63, 3.8) is 0 Å². The molecule has 0 amide bonds. The third-order valence-electron chi connectivity index (χ3n) is 5.74. The van der Waals surface area contributed by atoms with Crippen LogP contribution in [0.15, 0.2) is 47.4 Å². The molecule has 174 valence electrons. The molecule has 0 spiro atoms. The Kier molecular flexibility index (Phi) is 5.37. The maximum Gasteiger partial charge on any atom is 0.497 e. The molecule has 0 unspecified atom stereocenters. The molecule has 1 heterocycles. The van der Waals surface area contributed by atoms with E-state index in [2.05, 4.69) is 5.32 Å². The molecule has 3 rings (SSSR count). The minimum absolute atomic E-state index is 0.129. The Balaban J connectivity index is 1.95. The number of alkyl halides is 3. The van der Waals surface area contributed by atoms with Gasteiger partial charge in [-0.2, -0.15) is 13.2 Å². The van der Waals surface area contributed by atoms with Crippen LogP contribution >= 0.6 is 0 Å². The van der Waals surface area contributed by atoms with Gasteiger partial charge in [0.2, 0.25) is 10.0 Å². The van der Waals surface area contributed by atoms with Crippen molar-refractivity contribution in [3.8, 4) is 0 Å². The van der Waals surface area contributed by atoms with Gasteiger partial charge in [-0.3, -0.25) is 0 Å². The van der Waals surface area contributed by atoms with Crippen molar-refractivity contribution in [2.24, 2.45) is 0 Å². The zero-order valence-corrected chi connectivity index (χ0v) is 18.8. The van der Waals surface area contributed by atoms with E-state index in [0.717, 1.165) is 12.1 Å². The predicted molar refractivity (Wildman–Crippen MR) is 117 cm³/mol. The summed E-state index contributed by atoms with van der Waals surface area (Å²) >= 11 is 0. The Bertz CT molecular complexity index is 1170. The first-order chi connectivity index (χ1) is 15.8. The highest BCUT2D eigenvalue weighted by molar-refractivity contribution is 7.89. The number of hydrogen-bond acceptors (Lipinski definition) is 5. The zero-order valence-electron chi connectivity index (χ0n) is 21.0. The molecule has 1 fully saturated rings. The van der Waals surface area contributed by atoms with Gasteiger partial charge in [-0.15, -0.1) is 0 Å². The average Bonchev–Trinajstić information content (AvgIpc) is 2.91. The lowest BCUT2D eigenvalue weighted by Gasteiger charge is -2.32. The summed E-state index contributed by atoms with van der Waals surface area (Å²) in [5, 5.41) is 3.08. The SMILES string of the molecule is [2H]C([2H])([2H])NS(=O)(=O)c1ccc(NCc2ccc(C(F)(F)F)cc2)c(B2OC(C)(C)C(C)(C)O2)c1. The summed E-state index contributed by atoms with van der Waals surface area (Å²) in [6.07, 6.45) is -4.44. The first-order valence-electron chi connectivity index (χ1n) is 11.2. The van der Waals surface area contributed by atoms with Gasteiger partial charge < -0.3 is 14.6 Å². The monoisotopic (exact) mass is 473 g/mol. The lowest BCUT2D eigenvalue weighted by Crippen LogP contribution is -2.41. The molecule has 1 saturated heterocycles. The van der Waals surface area contributed by atoms with Gasteiger partial charge in [0.05, 0.1) is 21.7 Å². The molecule has 6 nitrogen and oxygen atoms in total. The molecular formula is C21H26BF3N2O4S. The van der Waals surface area contributed by atoms with E-state index in [0.29, 0.717) is 16.7 Å². The molecule has 32 heavy (non-hydrogen) atoms. The second-order valence-electron chi connectivity index (χ2n) is 8.49. The number of benzene rings is 2. The number of rotatable bonds is 6. The number of hydrogen-bond donors (Lipinski definition) is 2. The third kappa shape index (κ3) is 4.95. The van der Waals surface area contributed by atoms with Gasteiger partial charge in [0.1, 0.15) is 0 Å². The fraction of sp³-hybridized carbons (Fsp3) is 0.429. The minimum Gasteiger partial charge on any atom is -0.399 e. The second-order valence-corrected chi connectivity index (χ2v) is 10.2. The van der Waals surface area contributed by atoms with Gasteiger partial charge in [-0.1, -0.05) is 12.1 Å². The maximum absolute atomic E-state index is 12.8. The molecule has 2 aromatic rings. The van der Waals surface area contributed by atoms with Gasteiger partial charge in [0.15, 0.2) is 0 Å². The molecule has 0 aliphatic carbocycles. The fourth-order valence-corrected chi connectivity index (χ4v) is 3.75. The summed E-state index contributed by atoms with van der Waals surface area (Å²) < 4.78 is 99.1. The Labute approximate surface area is 190 Å². The smallest absolute Gasteiger partial charge is 0.399 e. The van der Waals surface area contributed by atoms with Crippen LogP contribution in [0.3, 0.4) is 0 Å². The maximum atomic E-state index is 12.8. The molecule has 0 saturated carbocycles. The highest BCUT2D eigenvalue weighted by Gasteiger charge is 2.52.